The van der Waals surface area contributed by atoms with Crippen LogP contribution in [0.5, 0.6) is 0 Å². The minimum Gasteiger partial charge on any atom is -0.396 e. The van der Waals surface area contributed by atoms with Crippen LogP contribution in [0.1, 0.15) is 36.5 Å². The van der Waals surface area contributed by atoms with E-state index in [9.17, 15) is 8.42 Å². The van der Waals surface area contributed by atoms with Crippen molar-refractivity contribution < 1.29 is 13.5 Å². The van der Waals surface area contributed by atoms with Crippen molar-refractivity contribution in [3.05, 3.63) is 34.9 Å². The van der Waals surface area contributed by atoms with Crippen molar-refractivity contribution in [3.8, 4) is 0 Å². The van der Waals surface area contributed by atoms with Gasteiger partial charge in [-0.1, -0.05) is 36.2 Å². The van der Waals surface area contributed by atoms with Gasteiger partial charge in [0, 0.05) is 12.6 Å². The smallest absolute Gasteiger partial charge is 0.155 e. The van der Waals surface area contributed by atoms with Crippen LogP contribution in [-0.4, -0.2) is 38.5 Å². The van der Waals surface area contributed by atoms with Crippen LogP contribution in [0, 0.1) is 13.8 Å². The van der Waals surface area contributed by atoms with Gasteiger partial charge in [-0.3, -0.25) is 0 Å². The van der Waals surface area contributed by atoms with Gasteiger partial charge in [-0.05, 0) is 38.8 Å². The second-order valence-electron chi connectivity index (χ2n) is 5.71. The Morgan fingerprint density at radius 3 is 2.33 bits per heavy atom. The van der Waals surface area contributed by atoms with Gasteiger partial charge in [-0.25, -0.2) is 8.42 Å². The summed E-state index contributed by atoms with van der Waals surface area (Å²) in [4.78, 5) is 0. The van der Waals surface area contributed by atoms with E-state index >= 15 is 0 Å². The minimum atomic E-state index is -3.19. The molecule has 1 aromatic carbocycles. The second kappa shape index (κ2) is 8.51. The molecule has 0 bridgehead atoms. The monoisotopic (exact) mass is 313 g/mol. The second-order valence-corrected chi connectivity index (χ2v) is 7.82. The highest BCUT2D eigenvalue weighted by atomic mass is 32.2. The lowest BCUT2D eigenvalue weighted by atomic mass is 10.1. The molecule has 0 aliphatic heterocycles. The molecule has 0 spiro atoms. The Hall–Kier alpha value is -0.910. The van der Waals surface area contributed by atoms with Crippen molar-refractivity contribution in [2.24, 2.45) is 0 Å². The lowest BCUT2D eigenvalue weighted by molar-refractivity contribution is 0.269. The lowest BCUT2D eigenvalue weighted by Crippen LogP contribution is -2.37. The first-order valence-corrected chi connectivity index (χ1v) is 9.30. The number of aliphatic hydroxyl groups is 1. The van der Waals surface area contributed by atoms with E-state index in [2.05, 4.69) is 5.32 Å². The van der Waals surface area contributed by atoms with Gasteiger partial charge in [-0.2, -0.15) is 0 Å². The van der Waals surface area contributed by atoms with Gasteiger partial charge < -0.3 is 10.4 Å². The van der Waals surface area contributed by atoms with Gasteiger partial charge in [0.15, 0.2) is 9.84 Å². The van der Waals surface area contributed by atoms with Crippen LogP contribution in [0.3, 0.4) is 0 Å². The third-order valence-electron chi connectivity index (χ3n) is 3.28. The van der Waals surface area contributed by atoms with Crippen molar-refractivity contribution in [2.75, 3.05) is 18.9 Å². The molecular weight excluding hydrogens is 286 g/mol. The van der Waals surface area contributed by atoms with Crippen LogP contribution in [0.25, 0.3) is 0 Å². The van der Waals surface area contributed by atoms with E-state index in [0.717, 1.165) is 29.7 Å². The molecule has 0 fully saturated rings. The molecule has 0 saturated heterocycles. The summed E-state index contributed by atoms with van der Waals surface area (Å²) in [5, 5.41) is 12.3. The fourth-order valence-corrected chi connectivity index (χ4v) is 4.21. The maximum atomic E-state index is 12.3. The van der Waals surface area contributed by atoms with Crippen molar-refractivity contribution in [2.45, 2.75) is 45.4 Å². The van der Waals surface area contributed by atoms with E-state index in [4.69, 9.17) is 5.11 Å². The van der Waals surface area contributed by atoms with Crippen LogP contribution in [0.15, 0.2) is 18.2 Å². The molecule has 0 heterocycles. The van der Waals surface area contributed by atoms with E-state index < -0.39 is 9.84 Å². The van der Waals surface area contributed by atoms with Crippen LogP contribution in [0.2, 0.25) is 0 Å². The Labute approximate surface area is 128 Å². The number of aryl methyl sites for hydroxylation is 2. The summed E-state index contributed by atoms with van der Waals surface area (Å²) in [6.07, 6.45) is 1.41. The molecule has 0 aliphatic rings. The SMILES string of the molecule is CCCNC(CCO)CS(=O)(=O)Cc1cc(C)cc(C)c1. The number of benzene rings is 1. The molecule has 1 unspecified atom stereocenters. The lowest BCUT2D eigenvalue weighted by Gasteiger charge is -2.17. The molecule has 1 rings (SSSR count). The first-order valence-electron chi connectivity index (χ1n) is 7.48. The number of aliphatic hydroxyl groups excluding tert-OH is 1. The van der Waals surface area contributed by atoms with Gasteiger partial charge in [0.05, 0.1) is 11.5 Å². The van der Waals surface area contributed by atoms with Crippen molar-refractivity contribution in [1.82, 2.24) is 5.32 Å². The van der Waals surface area contributed by atoms with Crippen LogP contribution >= 0.6 is 0 Å². The highest BCUT2D eigenvalue weighted by Crippen LogP contribution is 2.13. The average Bonchev–Trinajstić information content (AvgIpc) is 2.33. The number of sulfone groups is 1. The highest BCUT2D eigenvalue weighted by Gasteiger charge is 2.19. The molecule has 1 aromatic rings. The predicted octanol–water partition coefficient (Wildman–Crippen LogP) is 1.97. The standard InChI is InChI=1S/C16H27NO3S/c1-4-6-17-16(5-7-18)12-21(19,20)11-15-9-13(2)8-14(3)10-15/h8-10,16-18H,4-7,11-12H2,1-3H3. The quantitative estimate of drug-likeness (QED) is 0.731. The predicted molar refractivity (Wildman–Crippen MR) is 87.2 cm³/mol. The first-order chi connectivity index (χ1) is 9.86. The molecule has 21 heavy (non-hydrogen) atoms. The Kier molecular flexibility index (Phi) is 7.35. The van der Waals surface area contributed by atoms with E-state index in [-0.39, 0.29) is 24.2 Å². The van der Waals surface area contributed by atoms with Crippen LogP contribution in [0.4, 0.5) is 0 Å². The Morgan fingerprint density at radius 2 is 1.81 bits per heavy atom. The largest absolute Gasteiger partial charge is 0.396 e. The maximum absolute atomic E-state index is 12.3. The van der Waals surface area contributed by atoms with Gasteiger partial charge in [0.25, 0.3) is 0 Å². The normalized spacial score (nSPS) is 13.3. The Bertz CT molecular complexity index is 520. The first kappa shape index (κ1) is 18.1. The summed E-state index contributed by atoms with van der Waals surface area (Å²) in [5.74, 6) is 0.131. The molecule has 0 aliphatic carbocycles. The average molecular weight is 313 g/mol. The van der Waals surface area contributed by atoms with Crippen molar-refractivity contribution >= 4 is 9.84 Å². The molecular formula is C16H27NO3S. The summed E-state index contributed by atoms with van der Waals surface area (Å²) < 4.78 is 24.7. The third kappa shape index (κ3) is 7.07. The number of hydrogen-bond donors (Lipinski definition) is 2. The molecule has 5 heteroatoms. The summed E-state index contributed by atoms with van der Waals surface area (Å²) in [6.45, 7) is 6.75. The number of hydrogen-bond acceptors (Lipinski definition) is 4. The fraction of sp³-hybridized carbons (Fsp3) is 0.625. The van der Waals surface area contributed by atoms with Crippen LogP contribution in [-0.2, 0) is 15.6 Å². The van der Waals surface area contributed by atoms with E-state index in [0.29, 0.717) is 6.42 Å². The summed E-state index contributed by atoms with van der Waals surface area (Å²) in [5.41, 5.74) is 3.00. The molecule has 0 amide bonds. The summed E-state index contributed by atoms with van der Waals surface area (Å²) in [6, 6.07) is 5.70. The molecule has 120 valence electrons. The third-order valence-corrected chi connectivity index (χ3v) is 4.97. The number of nitrogens with one attached hydrogen (secondary N) is 1. The molecule has 0 saturated carbocycles. The van der Waals surface area contributed by atoms with Gasteiger partial charge >= 0.3 is 0 Å². The highest BCUT2D eigenvalue weighted by molar-refractivity contribution is 7.90. The molecule has 0 radical (unpaired) electrons. The molecule has 0 aromatic heterocycles. The van der Waals surface area contributed by atoms with Gasteiger partial charge in [-0.15, -0.1) is 0 Å². The zero-order chi connectivity index (χ0) is 15.9. The maximum Gasteiger partial charge on any atom is 0.155 e. The summed E-state index contributed by atoms with van der Waals surface area (Å²) in [7, 11) is -3.19. The summed E-state index contributed by atoms with van der Waals surface area (Å²) >= 11 is 0. The Balaban J connectivity index is 2.74. The minimum absolute atomic E-state index is 0.000451. The van der Waals surface area contributed by atoms with Crippen LogP contribution < -0.4 is 5.32 Å². The van der Waals surface area contributed by atoms with Gasteiger partial charge in [0.2, 0.25) is 0 Å². The van der Waals surface area contributed by atoms with Crippen molar-refractivity contribution in [3.63, 3.8) is 0 Å². The van der Waals surface area contributed by atoms with Gasteiger partial charge in [0.1, 0.15) is 0 Å². The fourth-order valence-electron chi connectivity index (χ4n) is 2.52. The van der Waals surface area contributed by atoms with E-state index in [1.807, 2.05) is 39.0 Å². The topological polar surface area (TPSA) is 66.4 Å². The Morgan fingerprint density at radius 1 is 1.19 bits per heavy atom. The van der Waals surface area contributed by atoms with E-state index in [1.165, 1.54) is 0 Å². The zero-order valence-corrected chi connectivity index (χ0v) is 14.0. The molecule has 1 atom stereocenters. The number of rotatable bonds is 9. The molecule has 4 nitrogen and oxygen atoms in total. The zero-order valence-electron chi connectivity index (χ0n) is 13.2. The van der Waals surface area contributed by atoms with E-state index in [1.54, 1.807) is 0 Å². The molecule has 2 N–H and O–H groups in total. The van der Waals surface area contributed by atoms with Crippen molar-refractivity contribution in [1.29, 1.82) is 0 Å².